The third kappa shape index (κ3) is 3.94. The molecule has 29 heavy (non-hydrogen) atoms. The Labute approximate surface area is 178 Å². The van der Waals surface area contributed by atoms with Gasteiger partial charge in [-0.3, -0.25) is 0 Å². The molecule has 0 unspecified atom stereocenters. The van der Waals surface area contributed by atoms with Crippen LogP contribution in [0.2, 0.25) is 0 Å². The summed E-state index contributed by atoms with van der Waals surface area (Å²) in [5.74, 6) is 0. The van der Waals surface area contributed by atoms with Crippen LogP contribution in [0.5, 0.6) is 0 Å². The Kier molecular flexibility index (Phi) is 6.30. The molecule has 4 rings (SSSR count). The fourth-order valence-corrected chi connectivity index (χ4v) is 9.92. The summed E-state index contributed by atoms with van der Waals surface area (Å²) in [5.41, 5.74) is 1.24. The fraction of sp³-hybridized carbons (Fsp3) is 0.0370. The third-order valence-corrected chi connectivity index (χ3v) is 11.0. The van der Waals surface area contributed by atoms with Gasteiger partial charge in [-0.2, -0.15) is 0 Å². The molecule has 0 fully saturated rings. The van der Waals surface area contributed by atoms with Gasteiger partial charge in [-0.25, -0.2) is 0 Å². The zero-order valence-corrected chi connectivity index (χ0v) is 18.2. The molecule has 142 valence electrons. The van der Waals surface area contributed by atoms with E-state index in [2.05, 4.69) is 134 Å². The lowest BCUT2D eigenvalue weighted by Crippen LogP contribution is -2.31. The van der Waals surface area contributed by atoms with Crippen molar-refractivity contribution in [2.45, 2.75) is 0 Å². The van der Waals surface area contributed by atoms with E-state index in [0.29, 0.717) is 0 Å². The van der Waals surface area contributed by atoms with Gasteiger partial charge >= 0.3 is 0 Å². The van der Waals surface area contributed by atoms with E-state index < -0.39 is 7.26 Å². The number of benzene rings is 4. The van der Waals surface area contributed by atoms with Crippen LogP contribution in [-0.2, 0) is 0 Å². The molecule has 0 heterocycles. The molecule has 0 aromatic heterocycles. The van der Waals surface area contributed by atoms with E-state index in [1.807, 2.05) is 11.8 Å². The van der Waals surface area contributed by atoms with Gasteiger partial charge in [0.05, 0.1) is 0 Å². The van der Waals surface area contributed by atoms with Crippen LogP contribution in [0.15, 0.2) is 126 Å². The van der Waals surface area contributed by atoms with Crippen LogP contribution in [0.4, 0.5) is 0 Å². The van der Waals surface area contributed by atoms with Crippen molar-refractivity contribution in [3.05, 3.63) is 132 Å². The number of hydrogen-bond donors (Lipinski definition) is 0. The molecule has 4 aromatic carbocycles. The van der Waals surface area contributed by atoms with Gasteiger partial charge in [-0.05, 0) is 54.3 Å². The van der Waals surface area contributed by atoms with E-state index in [9.17, 15) is 0 Å². The monoisotopic (exact) mass is 411 g/mol. The normalized spacial score (nSPS) is 12.0. The zero-order chi connectivity index (χ0) is 19.9. The molecule has 4 aromatic rings. The van der Waals surface area contributed by atoms with Crippen molar-refractivity contribution in [2.24, 2.45) is 0 Å². The van der Waals surface area contributed by atoms with Crippen LogP contribution in [0, 0.1) is 0 Å². The molecule has 0 N–H and O–H groups in total. The molecule has 0 saturated carbocycles. The van der Waals surface area contributed by atoms with Gasteiger partial charge in [0.25, 0.3) is 0 Å². The molecule has 0 amide bonds. The lowest BCUT2D eigenvalue weighted by Gasteiger charge is -2.28. The maximum atomic E-state index is 2.38. The summed E-state index contributed by atoms with van der Waals surface area (Å²) in [6.07, 6.45) is 4.59. The predicted molar refractivity (Wildman–Crippen MR) is 133 cm³/mol. The maximum Gasteiger partial charge on any atom is 0.151 e. The highest BCUT2D eigenvalue weighted by Crippen LogP contribution is 2.66. The van der Waals surface area contributed by atoms with Crippen molar-refractivity contribution in [3.8, 4) is 0 Å². The summed E-state index contributed by atoms with van der Waals surface area (Å²) in [5, 5.41) is 4.15. The minimum Gasteiger partial charge on any atom is -0.0908 e. The molecule has 0 bridgehead atoms. The third-order valence-electron chi connectivity index (χ3n) is 5.06. The highest BCUT2D eigenvalue weighted by atomic mass is 32.2. The zero-order valence-electron chi connectivity index (χ0n) is 16.5. The molecule has 0 spiro atoms. The first kappa shape index (κ1) is 19.7. The highest BCUT2D eigenvalue weighted by molar-refractivity contribution is 8.18. The van der Waals surface area contributed by atoms with Crippen molar-refractivity contribution < 1.29 is 0 Å². The Morgan fingerprint density at radius 1 is 0.552 bits per heavy atom. The molecular formula is C27H24PS+. The van der Waals surface area contributed by atoms with Crippen molar-refractivity contribution >= 4 is 41.0 Å². The predicted octanol–water partition coefficient (Wildman–Crippen LogP) is 6.34. The van der Waals surface area contributed by atoms with Crippen LogP contribution >= 0.6 is 19.0 Å². The van der Waals surface area contributed by atoms with Gasteiger partial charge in [0, 0.05) is 0 Å². The summed E-state index contributed by atoms with van der Waals surface area (Å²) in [7, 11) is -2.00. The molecule has 2 heteroatoms. The Balaban J connectivity index is 2.09. The lowest BCUT2D eigenvalue weighted by molar-refractivity contribution is 1.66. The standard InChI is InChI=1S/C27H24PS/c1-29-27(22-23-14-6-2-7-15-23)28(24-16-8-3-9-17-24,25-18-10-4-11-19-25)26-20-12-5-13-21-26/h2-22H,1H3/q+1/b27-22+. The van der Waals surface area contributed by atoms with E-state index in [1.54, 1.807) is 0 Å². The van der Waals surface area contributed by atoms with Crippen molar-refractivity contribution in [3.63, 3.8) is 0 Å². The Morgan fingerprint density at radius 2 is 0.897 bits per heavy atom. The highest BCUT2D eigenvalue weighted by Gasteiger charge is 2.49. The Hall–Kier alpha value is -2.60. The summed E-state index contributed by atoms with van der Waals surface area (Å²) in [6.45, 7) is 0. The second kappa shape index (κ2) is 9.27. The second-order valence-corrected chi connectivity index (χ2v) is 11.3. The maximum absolute atomic E-state index is 2.38. The summed E-state index contributed by atoms with van der Waals surface area (Å²) < 4.78 is 1.41. The van der Waals surface area contributed by atoms with E-state index in [0.717, 1.165) is 0 Å². The van der Waals surface area contributed by atoms with Gasteiger partial charge in [0.1, 0.15) is 20.6 Å². The SMILES string of the molecule is CS/C(=C/c1ccccc1)[P+](c1ccccc1)(c1ccccc1)c1ccccc1. The first-order chi connectivity index (χ1) is 14.4. The topological polar surface area (TPSA) is 0 Å². The average molecular weight is 412 g/mol. The van der Waals surface area contributed by atoms with E-state index in [-0.39, 0.29) is 0 Å². The summed E-state index contributed by atoms with van der Waals surface area (Å²) in [4.78, 5) is 0. The van der Waals surface area contributed by atoms with E-state index in [4.69, 9.17) is 0 Å². The lowest BCUT2D eigenvalue weighted by atomic mass is 10.2. The van der Waals surface area contributed by atoms with Gasteiger partial charge in [0.15, 0.2) is 7.26 Å². The first-order valence-electron chi connectivity index (χ1n) is 9.73. The Bertz CT molecular complexity index is 962. The van der Waals surface area contributed by atoms with Crippen LogP contribution in [0.3, 0.4) is 0 Å². The quantitative estimate of drug-likeness (QED) is 0.334. The molecule has 0 saturated heterocycles. The minimum absolute atomic E-state index is 1.24. The van der Waals surface area contributed by atoms with Crippen LogP contribution < -0.4 is 15.9 Å². The minimum atomic E-state index is -2.00. The van der Waals surface area contributed by atoms with Crippen LogP contribution in [-0.4, -0.2) is 6.26 Å². The van der Waals surface area contributed by atoms with Gasteiger partial charge in [-0.15, -0.1) is 0 Å². The van der Waals surface area contributed by atoms with Crippen LogP contribution in [0.1, 0.15) is 5.56 Å². The molecular weight excluding hydrogens is 387 g/mol. The number of rotatable bonds is 6. The molecule has 0 aliphatic heterocycles. The molecule has 0 atom stereocenters. The summed E-state index contributed by atoms with van der Waals surface area (Å²) in [6, 6.07) is 43.7. The first-order valence-corrected chi connectivity index (χ1v) is 12.7. The fourth-order valence-electron chi connectivity index (χ4n) is 3.77. The molecule has 0 nitrogen and oxygen atoms in total. The van der Waals surface area contributed by atoms with Gasteiger partial charge in [0.2, 0.25) is 0 Å². The largest absolute Gasteiger partial charge is 0.151 e. The van der Waals surface area contributed by atoms with Crippen molar-refractivity contribution in [2.75, 3.05) is 6.26 Å². The van der Waals surface area contributed by atoms with E-state index in [1.165, 1.54) is 26.1 Å². The van der Waals surface area contributed by atoms with Crippen molar-refractivity contribution in [1.29, 1.82) is 0 Å². The Morgan fingerprint density at radius 3 is 1.24 bits per heavy atom. The number of hydrogen-bond acceptors (Lipinski definition) is 1. The van der Waals surface area contributed by atoms with Crippen molar-refractivity contribution in [1.82, 2.24) is 0 Å². The summed E-state index contributed by atoms with van der Waals surface area (Å²) >= 11 is 1.87. The van der Waals surface area contributed by atoms with Gasteiger partial charge < -0.3 is 0 Å². The van der Waals surface area contributed by atoms with Gasteiger partial charge in [-0.1, -0.05) is 96.7 Å². The average Bonchev–Trinajstić information content (AvgIpc) is 2.82. The smallest absolute Gasteiger partial charge is 0.0908 e. The second-order valence-electron chi connectivity index (χ2n) is 6.77. The number of thioether (sulfide) groups is 1. The molecule has 0 aliphatic rings. The van der Waals surface area contributed by atoms with Crippen LogP contribution in [0.25, 0.3) is 6.08 Å². The van der Waals surface area contributed by atoms with E-state index >= 15 is 0 Å². The molecule has 0 aliphatic carbocycles. The molecule has 0 radical (unpaired) electrons.